The number of nitrogen functional groups attached to an aromatic ring is 1. The molecule has 0 fully saturated rings. The maximum absolute atomic E-state index is 10.5. The fourth-order valence-electron chi connectivity index (χ4n) is 0.606. The van der Waals surface area contributed by atoms with Crippen molar-refractivity contribution in [3.8, 4) is 11.8 Å². The summed E-state index contributed by atoms with van der Waals surface area (Å²) < 4.78 is 0. The molecule has 13 heavy (non-hydrogen) atoms. The van der Waals surface area contributed by atoms with Gasteiger partial charge in [0.1, 0.15) is 0 Å². The lowest BCUT2D eigenvalue weighted by Gasteiger charge is -1.83. The maximum Gasteiger partial charge on any atom is 0.186 e. The van der Waals surface area contributed by atoms with Gasteiger partial charge in [0.15, 0.2) is 10.2 Å². The number of anilines is 1. The van der Waals surface area contributed by atoms with E-state index in [1.807, 2.05) is 0 Å². The average Bonchev–Trinajstić information content (AvgIpc) is 2.45. The Morgan fingerprint density at radius 1 is 1.85 bits per heavy atom. The molecule has 2 N–H and O–H groups in total. The van der Waals surface area contributed by atoms with E-state index < -0.39 is 0 Å². The quantitative estimate of drug-likeness (QED) is 0.714. The summed E-state index contributed by atoms with van der Waals surface area (Å²) in [5.74, 6) is 6.25. The fraction of sp³-hybridized carbons (Fsp3) is 0.250. The number of thioether (sulfide) groups is 1. The standard InChI is InChI=1S/C8H8N2OS2/c1-6(11)12-4-2-3-7-5-10-8(9)13-7/h5H,4H2,1H3,(H2,9,10). The highest BCUT2D eigenvalue weighted by Gasteiger charge is 1.93. The van der Waals surface area contributed by atoms with Crippen LogP contribution in [0.5, 0.6) is 0 Å². The van der Waals surface area contributed by atoms with Crippen molar-refractivity contribution in [1.82, 2.24) is 4.98 Å². The lowest BCUT2D eigenvalue weighted by atomic mass is 10.5. The molecule has 3 nitrogen and oxygen atoms in total. The molecule has 1 heterocycles. The van der Waals surface area contributed by atoms with E-state index in [1.165, 1.54) is 30.0 Å². The predicted octanol–water partition coefficient (Wildman–Crippen LogP) is 1.36. The number of hydrogen-bond donors (Lipinski definition) is 1. The van der Waals surface area contributed by atoms with Gasteiger partial charge in [-0.2, -0.15) is 0 Å². The molecule has 5 heteroatoms. The first kappa shape index (κ1) is 10.1. The van der Waals surface area contributed by atoms with Crippen molar-refractivity contribution in [1.29, 1.82) is 0 Å². The first-order valence-electron chi connectivity index (χ1n) is 3.52. The average molecular weight is 212 g/mol. The van der Waals surface area contributed by atoms with Gasteiger partial charge in [-0.15, -0.1) is 0 Å². The van der Waals surface area contributed by atoms with Crippen molar-refractivity contribution in [2.75, 3.05) is 11.5 Å². The third-order valence-corrected chi connectivity index (χ3v) is 2.52. The van der Waals surface area contributed by atoms with Crippen molar-refractivity contribution in [3.63, 3.8) is 0 Å². The summed E-state index contributed by atoms with van der Waals surface area (Å²) in [6, 6.07) is 0. The molecule has 0 atom stereocenters. The molecule has 0 bridgehead atoms. The van der Waals surface area contributed by atoms with E-state index in [9.17, 15) is 4.79 Å². The van der Waals surface area contributed by atoms with Gasteiger partial charge in [0.25, 0.3) is 0 Å². The molecule has 0 aliphatic heterocycles. The smallest absolute Gasteiger partial charge is 0.186 e. The molecule has 68 valence electrons. The molecular weight excluding hydrogens is 204 g/mol. The molecular formula is C8H8N2OS2. The summed E-state index contributed by atoms with van der Waals surface area (Å²) >= 11 is 2.54. The molecule has 0 radical (unpaired) electrons. The molecule has 0 saturated heterocycles. The molecule has 0 aliphatic carbocycles. The Balaban J connectivity index is 2.44. The second-order valence-electron chi connectivity index (χ2n) is 2.14. The molecule has 0 unspecified atom stereocenters. The van der Waals surface area contributed by atoms with E-state index in [4.69, 9.17) is 5.73 Å². The van der Waals surface area contributed by atoms with Crippen LogP contribution in [0.2, 0.25) is 0 Å². The number of rotatable bonds is 1. The molecule has 0 aromatic carbocycles. The Hall–Kier alpha value is -0.990. The van der Waals surface area contributed by atoms with E-state index in [2.05, 4.69) is 16.8 Å². The van der Waals surface area contributed by atoms with Gasteiger partial charge in [-0.05, 0) is 0 Å². The highest BCUT2D eigenvalue weighted by atomic mass is 32.2. The zero-order valence-electron chi connectivity index (χ0n) is 7.03. The Bertz CT molecular complexity index is 362. The minimum absolute atomic E-state index is 0.0816. The summed E-state index contributed by atoms with van der Waals surface area (Å²) in [5.41, 5.74) is 5.41. The minimum atomic E-state index is 0.0816. The van der Waals surface area contributed by atoms with Crippen molar-refractivity contribution in [3.05, 3.63) is 11.1 Å². The Morgan fingerprint density at radius 2 is 2.62 bits per heavy atom. The van der Waals surface area contributed by atoms with Crippen LogP contribution in [-0.2, 0) is 4.79 Å². The van der Waals surface area contributed by atoms with E-state index in [0.717, 1.165) is 4.88 Å². The Kier molecular flexibility index (Phi) is 3.80. The van der Waals surface area contributed by atoms with Crippen LogP contribution in [0.25, 0.3) is 0 Å². The van der Waals surface area contributed by atoms with Crippen molar-refractivity contribution < 1.29 is 4.79 Å². The topological polar surface area (TPSA) is 56.0 Å². The van der Waals surface area contributed by atoms with E-state index in [1.54, 1.807) is 6.20 Å². The van der Waals surface area contributed by atoms with E-state index >= 15 is 0 Å². The zero-order valence-corrected chi connectivity index (χ0v) is 8.67. The molecule has 1 rings (SSSR count). The van der Waals surface area contributed by atoms with Crippen LogP contribution in [0.15, 0.2) is 6.20 Å². The first-order valence-corrected chi connectivity index (χ1v) is 5.32. The molecule has 0 amide bonds. The Labute approximate surface area is 84.7 Å². The van der Waals surface area contributed by atoms with Gasteiger partial charge in [-0.1, -0.05) is 34.9 Å². The molecule has 0 aliphatic rings. The zero-order chi connectivity index (χ0) is 9.68. The van der Waals surface area contributed by atoms with Crippen LogP contribution in [0.3, 0.4) is 0 Å². The van der Waals surface area contributed by atoms with Crippen molar-refractivity contribution >= 4 is 33.3 Å². The minimum Gasteiger partial charge on any atom is -0.375 e. The van der Waals surface area contributed by atoms with Crippen LogP contribution < -0.4 is 5.73 Å². The highest BCUT2D eigenvalue weighted by molar-refractivity contribution is 8.13. The number of nitrogens with zero attached hydrogens (tertiary/aromatic N) is 1. The summed E-state index contributed by atoms with van der Waals surface area (Å²) in [5, 5.41) is 0.599. The number of carbonyl (C=O) groups excluding carboxylic acids is 1. The van der Waals surface area contributed by atoms with Gasteiger partial charge >= 0.3 is 0 Å². The van der Waals surface area contributed by atoms with Gasteiger partial charge in [0.2, 0.25) is 0 Å². The number of aromatic nitrogens is 1. The lowest BCUT2D eigenvalue weighted by molar-refractivity contribution is -0.109. The number of carbonyl (C=O) groups is 1. The van der Waals surface area contributed by atoms with Gasteiger partial charge in [-0.25, -0.2) is 4.98 Å². The molecule has 1 aromatic heterocycles. The number of nitrogens with two attached hydrogens (primary N) is 1. The first-order chi connectivity index (χ1) is 6.18. The van der Waals surface area contributed by atoms with Gasteiger partial charge in [0, 0.05) is 6.92 Å². The van der Waals surface area contributed by atoms with E-state index in [-0.39, 0.29) is 5.12 Å². The summed E-state index contributed by atoms with van der Waals surface area (Å²) in [6.45, 7) is 1.52. The van der Waals surface area contributed by atoms with Crippen LogP contribution in [0.1, 0.15) is 11.8 Å². The monoisotopic (exact) mass is 212 g/mol. The van der Waals surface area contributed by atoms with E-state index in [0.29, 0.717) is 10.9 Å². The second-order valence-corrected chi connectivity index (χ2v) is 4.36. The fourth-order valence-corrected chi connectivity index (χ4v) is 1.51. The second kappa shape index (κ2) is 4.90. The van der Waals surface area contributed by atoms with Crippen LogP contribution in [0, 0.1) is 11.8 Å². The van der Waals surface area contributed by atoms with Crippen LogP contribution in [0.4, 0.5) is 5.13 Å². The van der Waals surface area contributed by atoms with Crippen LogP contribution >= 0.6 is 23.1 Å². The van der Waals surface area contributed by atoms with Crippen LogP contribution in [-0.4, -0.2) is 15.9 Å². The maximum atomic E-state index is 10.5. The van der Waals surface area contributed by atoms with Crippen molar-refractivity contribution in [2.24, 2.45) is 0 Å². The SMILES string of the molecule is CC(=O)SCC#Cc1cnc(N)s1. The van der Waals surface area contributed by atoms with Gasteiger partial charge in [-0.3, -0.25) is 4.79 Å². The largest absolute Gasteiger partial charge is 0.375 e. The molecule has 0 saturated carbocycles. The summed E-state index contributed by atoms with van der Waals surface area (Å²) in [6.07, 6.45) is 1.63. The Morgan fingerprint density at radius 3 is 3.15 bits per heavy atom. The molecule has 1 aromatic rings. The number of hydrogen-bond acceptors (Lipinski definition) is 5. The van der Waals surface area contributed by atoms with Crippen molar-refractivity contribution in [2.45, 2.75) is 6.92 Å². The molecule has 0 spiro atoms. The predicted molar refractivity (Wildman–Crippen MR) is 56.5 cm³/mol. The summed E-state index contributed by atoms with van der Waals surface area (Å²) in [4.78, 5) is 15.2. The summed E-state index contributed by atoms with van der Waals surface area (Å²) in [7, 11) is 0. The third-order valence-electron chi connectivity index (χ3n) is 1.08. The number of thiazole rings is 1. The lowest BCUT2D eigenvalue weighted by Crippen LogP contribution is -1.81. The normalized spacial score (nSPS) is 9.00. The van der Waals surface area contributed by atoms with Gasteiger partial charge in [0.05, 0.1) is 16.8 Å². The highest BCUT2D eigenvalue weighted by Crippen LogP contribution is 2.12. The third kappa shape index (κ3) is 3.97. The van der Waals surface area contributed by atoms with Gasteiger partial charge < -0.3 is 5.73 Å².